The number of morpholine rings is 1. The van der Waals surface area contributed by atoms with Crippen LogP contribution in [-0.2, 0) is 35.1 Å². The molecule has 4 aliphatic rings. The number of fused-ring (bicyclic) bond motifs is 13. The Morgan fingerprint density at radius 3 is 2.37 bits per heavy atom. The summed E-state index contributed by atoms with van der Waals surface area (Å²) in [5, 5.41) is 18.2. The molecule has 4 aliphatic heterocycles. The molecule has 5 atom stereocenters. The summed E-state index contributed by atoms with van der Waals surface area (Å²) in [6, 6.07) is 3.63. The van der Waals surface area contributed by atoms with Crippen molar-refractivity contribution in [3.63, 3.8) is 0 Å². The lowest BCUT2D eigenvalue weighted by Crippen LogP contribution is -2.59. The van der Waals surface area contributed by atoms with Crippen LogP contribution in [0, 0.1) is 5.92 Å². The zero-order valence-electron chi connectivity index (χ0n) is 23.5. The van der Waals surface area contributed by atoms with E-state index in [9.17, 15) is 29.1 Å². The lowest BCUT2D eigenvalue weighted by atomic mass is 9.96. The van der Waals surface area contributed by atoms with Gasteiger partial charge in [0.1, 0.15) is 23.9 Å². The summed E-state index contributed by atoms with van der Waals surface area (Å²) >= 11 is 0. The molecule has 5 amide bonds. The Morgan fingerprint density at radius 2 is 1.68 bits per heavy atom. The zero-order valence-corrected chi connectivity index (χ0v) is 23.5. The Kier molecular flexibility index (Phi) is 10.2. The van der Waals surface area contributed by atoms with Crippen LogP contribution in [0.3, 0.4) is 0 Å². The van der Waals surface area contributed by atoms with Crippen LogP contribution in [0.25, 0.3) is 0 Å². The summed E-state index contributed by atoms with van der Waals surface area (Å²) < 4.78 is 11.0. The minimum atomic E-state index is -1.32. The van der Waals surface area contributed by atoms with Gasteiger partial charge in [0, 0.05) is 32.6 Å². The van der Waals surface area contributed by atoms with Crippen molar-refractivity contribution < 1.29 is 38.6 Å². The van der Waals surface area contributed by atoms with E-state index in [-0.39, 0.29) is 31.4 Å². The van der Waals surface area contributed by atoms with Gasteiger partial charge in [0.25, 0.3) is 5.91 Å². The third kappa shape index (κ3) is 7.94. The first-order valence-corrected chi connectivity index (χ1v) is 14.1. The second-order valence-corrected chi connectivity index (χ2v) is 10.8. The molecule has 0 saturated carbocycles. The summed E-state index contributed by atoms with van der Waals surface area (Å²) in [6.07, 6.45) is 0.0540. The molecule has 13 heteroatoms. The van der Waals surface area contributed by atoms with Gasteiger partial charge in [-0.3, -0.25) is 24.0 Å². The topological polar surface area (TPSA) is 167 Å². The van der Waals surface area contributed by atoms with Gasteiger partial charge in [0.2, 0.25) is 23.6 Å². The highest BCUT2D eigenvalue weighted by atomic mass is 16.5. The molecule has 5 rings (SSSR count). The van der Waals surface area contributed by atoms with Gasteiger partial charge in [0.15, 0.2) is 6.61 Å². The number of carbonyl (C=O) groups is 5. The maximum absolute atomic E-state index is 13.4. The molecule has 224 valence electrons. The van der Waals surface area contributed by atoms with Crippen LogP contribution in [0.15, 0.2) is 24.3 Å². The van der Waals surface area contributed by atoms with Crippen molar-refractivity contribution in [3.8, 4) is 5.75 Å². The van der Waals surface area contributed by atoms with E-state index in [4.69, 9.17) is 9.47 Å². The van der Waals surface area contributed by atoms with E-state index in [2.05, 4.69) is 16.0 Å². The second-order valence-electron chi connectivity index (χ2n) is 10.8. The number of hydrogen-bond donors (Lipinski definition) is 4. The van der Waals surface area contributed by atoms with Crippen LogP contribution in [0.2, 0.25) is 0 Å². The molecule has 0 unspecified atom stereocenters. The molecule has 0 spiro atoms. The summed E-state index contributed by atoms with van der Waals surface area (Å²) in [4.78, 5) is 68.7. The average molecular weight is 574 g/mol. The summed E-state index contributed by atoms with van der Waals surface area (Å²) in [6.45, 7) is 4.85. The van der Waals surface area contributed by atoms with Crippen LogP contribution in [0.4, 0.5) is 0 Å². The van der Waals surface area contributed by atoms with Crippen molar-refractivity contribution >= 4 is 29.5 Å². The molecular weight excluding hydrogens is 534 g/mol. The quantitative estimate of drug-likeness (QED) is 0.313. The maximum Gasteiger partial charge on any atom is 0.260 e. The molecule has 0 aromatic heterocycles. The molecule has 4 bridgehead atoms. The summed E-state index contributed by atoms with van der Waals surface area (Å²) in [5.41, 5.74) is 0.762. The molecular formula is C28H39N5O8. The largest absolute Gasteiger partial charge is 0.484 e. The molecule has 4 heterocycles. The first-order valence-electron chi connectivity index (χ1n) is 14.1. The monoisotopic (exact) mass is 573 g/mol. The number of piperidine rings is 1. The van der Waals surface area contributed by atoms with Gasteiger partial charge in [-0.15, -0.1) is 0 Å². The molecule has 0 aliphatic carbocycles. The summed E-state index contributed by atoms with van der Waals surface area (Å²) in [7, 11) is 0. The maximum atomic E-state index is 13.4. The number of rotatable bonds is 2. The predicted octanol–water partition coefficient (Wildman–Crippen LogP) is -1.43. The minimum Gasteiger partial charge on any atom is -0.484 e. The first kappa shape index (κ1) is 30.3. The standard InChI is InChI=1S/C28H39N5O8/c1-17-25(36)30-22(28(39)32-10-12-40-13-11-32)14-19-5-7-21(8-6-19)41-16-23(35)33-9-3-4-20(15-33)26(37)31-24(18(2)34)27(38)29-17/h5-8,17-18,20,22,24,34H,3-4,9-16H2,1-2H3,(H,29,38)(H,30,36)(H,31,37)/t17-,18+,20-,22-,24-/m0/s1. The third-order valence-electron chi connectivity index (χ3n) is 7.62. The van der Waals surface area contributed by atoms with E-state index in [1.807, 2.05) is 0 Å². The van der Waals surface area contributed by atoms with Gasteiger partial charge >= 0.3 is 0 Å². The highest BCUT2D eigenvalue weighted by molar-refractivity contribution is 5.94. The molecule has 0 radical (unpaired) electrons. The lowest BCUT2D eigenvalue weighted by Gasteiger charge is -2.33. The van der Waals surface area contributed by atoms with E-state index < -0.39 is 47.9 Å². The van der Waals surface area contributed by atoms with E-state index in [0.29, 0.717) is 51.4 Å². The number of benzene rings is 1. The number of nitrogens with one attached hydrogen (secondary N) is 3. The van der Waals surface area contributed by atoms with Gasteiger partial charge in [-0.25, -0.2) is 0 Å². The number of aliphatic hydroxyl groups excluding tert-OH is 1. The second kappa shape index (κ2) is 13.8. The fourth-order valence-electron chi connectivity index (χ4n) is 5.16. The van der Waals surface area contributed by atoms with Crippen LogP contribution >= 0.6 is 0 Å². The van der Waals surface area contributed by atoms with Crippen molar-refractivity contribution in [2.45, 2.75) is 57.3 Å². The van der Waals surface area contributed by atoms with Gasteiger partial charge < -0.3 is 40.3 Å². The number of ether oxygens (including phenoxy) is 2. The van der Waals surface area contributed by atoms with E-state index in [0.717, 1.165) is 5.56 Å². The Labute approximate surface area is 238 Å². The van der Waals surface area contributed by atoms with Gasteiger partial charge in [0.05, 0.1) is 25.2 Å². The van der Waals surface area contributed by atoms with Crippen LogP contribution < -0.4 is 20.7 Å². The number of nitrogens with zero attached hydrogens (tertiary/aromatic N) is 2. The van der Waals surface area contributed by atoms with Crippen molar-refractivity contribution in [1.82, 2.24) is 25.8 Å². The highest BCUT2D eigenvalue weighted by Crippen LogP contribution is 2.19. The molecule has 2 saturated heterocycles. The van der Waals surface area contributed by atoms with Crippen LogP contribution in [0.5, 0.6) is 5.75 Å². The van der Waals surface area contributed by atoms with Gasteiger partial charge in [-0.05, 0) is 44.4 Å². The van der Waals surface area contributed by atoms with Crippen LogP contribution in [0.1, 0.15) is 32.3 Å². The van der Waals surface area contributed by atoms with Gasteiger partial charge in [-0.2, -0.15) is 0 Å². The third-order valence-corrected chi connectivity index (χ3v) is 7.62. The number of carbonyl (C=O) groups excluding carboxylic acids is 5. The Bertz CT molecular complexity index is 1120. The predicted molar refractivity (Wildman–Crippen MR) is 145 cm³/mol. The molecule has 1 aromatic carbocycles. The number of hydrogen-bond acceptors (Lipinski definition) is 8. The van der Waals surface area contributed by atoms with Crippen molar-refractivity contribution in [2.75, 3.05) is 46.0 Å². The Morgan fingerprint density at radius 1 is 0.976 bits per heavy atom. The van der Waals surface area contributed by atoms with Crippen molar-refractivity contribution in [1.29, 1.82) is 0 Å². The minimum absolute atomic E-state index is 0.165. The zero-order chi connectivity index (χ0) is 29.5. The van der Waals surface area contributed by atoms with E-state index in [1.54, 1.807) is 34.1 Å². The molecule has 13 nitrogen and oxygen atoms in total. The van der Waals surface area contributed by atoms with Crippen molar-refractivity contribution in [2.24, 2.45) is 5.92 Å². The Balaban J connectivity index is 1.59. The number of aliphatic hydroxyl groups is 1. The molecule has 2 fully saturated rings. The first-order chi connectivity index (χ1) is 19.6. The fraction of sp³-hybridized carbons (Fsp3) is 0.607. The molecule has 1 aromatic rings. The molecule has 41 heavy (non-hydrogen) atoms. The van der Waals surface area contributed by atoms with Crippen molar-refractivity contribution in [3.05, 3.63) is 29.8 Å². The fourth-order valence-corrected chi connectivity index (χ4v) is 5.16. The SMILES string of the molecule is C[C@@H]1NC(=O)[C@H]([C@@H](C)O)NC(=O)[C@H]2CCCN(C2)C(=O)COc2ccc(cc2)C[C@@H](C(=O)N2CCOCC2)NC1=O. The molecule has 4 N–H and O–H groups in total. The highest BCUT2D eigenvalue weighted by Gasteiger charge is 2.35. The normalized spacial score (nSPS) is 27.7. The van der Waals surface area contributed by atoms with Crippen LogP contribution in [-0.4, -0.2) is 115 Å². The average Bonchev–Trinajstić information content (AvgIpc) is 2.98. The Hall–Kier alpha value is -3.71. The summed E-state index contributed by atoms with van der Waals surface area (Å²) in [5.74, 6) is -2.44. The van der Waals surface area contributed by atoms with E-state index in [1.165, 1.54) is 13.8 Å². The lowest BCUT2D eigenvalue weighted by molar-refractivity contribution is -0.141. The number of amides is 5. The van der Waals surface area contributed by atoms with E-state index >= 15 is 0 Å². The smallest absolute Gasteiger partial charge is 0.260 e. The van der Waals surface area contributed by atoms with Gasteiger partial charge in [-0.1, -0.05) is 12.1 Å².